The van der Waals surface area contributed by atoms with E-state index in [1.54, 1.807) is 0 Å². The maximum Gasteiger partial charge on any atom is 0.243 e. The van der Waals surface area contributed by atoms with Crippen molar-refractivity contribution in [3.05, 3.63) is 59.7 Å². The molecule has 28 heavy (non-hydrogen) atoms. The Bertz CT molecular complexity index is 1010. The van der Waals surface area contributed by atoms with Gasteiger partial charge in [-0.1, -0.05) is 36.8 Å². The van der Waals surface area contributed by atoms with Crippen LogP contribution in [-0.4, -0.2) is 34.2 Å². The third-order valence-corrected chi connectivity index (χ3v) is 8.42. The Morgan fingerprint density at radius 3 is 1.96 bits per heavy atom. The first kappa shape index (κ1) is 21.0. The lowest BCUT2D eigenvalue weighted by Crippen LogP contribution is -2.29. The summed E-state index contributed by atoms with van der Waals surface area (Å²) in [7, 11) is -7.33. The zero-order chi connectivity index (χ0) is 20.4. The second-order valence-electron chi connectivity index (χ2n) is 7.08. The lowest BCUT2D eigenvalue weighted by molar-refractivity contribution is 0.477. The molecule has 1 N–H and O–H groups in total. The summed E-state index contributed by atoms with van der Waals surface area (Å²) >= 11 is 0. The van der Waals surface area contributed by atoms with Crippen molar-refractivity contribution in [1.82, 2.24) is 9.03 Å². The van der Waals surface area contributed by atoms with Crippen molar-refractivity contribution in [2.24, 2.45) is 0 Å². The lowest BCUT2D eigenvalue weighted by Gasteiger charge is -2.18. The molecule has 0 amide bonds. The van der Waals surface area contributed by atoms with Crippen molar-refractivity contribution in [3.8, 4) is 0 Å². The molecule has 1 aliphatic rings. The molecule has 0 saturated carbocycles. The summed E-state index contributed by atoms with van der Waals surface area (Å²) in [5.41, 5.74) is 2.00. The molecular formula is C20H26N2O4S2. The number of benzene rings is 2. The first-order valence-electron chi connectivity index (χ1n) is 9.43. The zero-order valence-electron chi connectivity index (χ0n) is 16.1. The second-order valence-corrected chi connectivity index (χ2v) is 10.7. The van der Waals surface area contributed by atoms with Gasteiger partial charge < -0.3 is 0 Å². The lowest BCUT2D eigenvalue weighted by atomic mass is 10.0. The van der Waals surface area contributed by atoms with Crippen LogP contribution in [0.5, 0.6) is 0 Å². The maximum absolute atomic E-state index is 12.8. The van der Waals surface area contributed by atoms with Crippen LogP contribution in [0.2, 0.25) is 0 Å². The first-order chi connectivity index (χ1) is 13.2. The van der Waals surface area contributed by atoms with Crippen molar-refractivity contribution < 1.29 is 16.8 Å². The second kappa shape index (κ2) is 8.32. The zero-order valence-corrected chi connectivity index (χ0v) is 17.8. The van der Waals surface area contributed by atoms with Crippen molar-refractivity contribution in [2.45, 2.75) is 48.9 Å². The van der Waals surface area contributed by atoms with Gasteiger partial charge in [0, 0.05) is 19.1 Å². The van der Waals surface area contributed by atoms with Gasteiger partial charge in [-0.3, -0.25) is 0 Å². The maximum atomic E-state index is 12.8. The molecule has 8 heteroatoms. The number of aryl methyl sites for hydroxylation is 1. The van der Waals surface area contributed by atoms with Crippen molar-refractivity contribution >= 4 is 20.0 Å². The van der Waals surface area contributed by atoms with E-state index >= 15 is 0 Å². The first-order valence-corrected chi connectivity index (χ1v) is 12.4. The molecule has 0 bridgehead atoms. The molecule has 1 heterocycles. The van der Waals surface area contributed by atoms with Crippen LogP contribution in [0.25, 0.3) is 0 Å². The van der Waals surface area contributed by atoms with Gasteiger partial charge in [-0.05, 0) is 56.0 Å². The van der Waals surface area contributed by atoms with Gasteiger partial charge in [-0.15, -0.1) is 0 Å². The largest absolute Gasteiger partial charge is 0.243 e. The van der Waals surface area contributed by atoms with Gasteiger partial charge in [-0.2, -0.15) is 4.31 Å². The number of rotatable bonds is 7. The van der Waals surface area contributed by atoms with Crippen molar-refractivity contribution in [1.29, 1.82) is 0 Å². The molecule has 1 fully saturated rings. The van der Waals surface area contributed by atoms with E-state index < -0.39 is 20.0 Å². The number of nitrogens with one attached hydrogen (secondary N) is 1. The Balaban J connectivity index is 1.80. The molecule has 152 valence electrons. The predicted octanol–water partition coefficient (Wildman–Crippen LogP) is 3.21. The van der Waals surface area contributed by atoms with Crippen LogP contribution >= 0.6 is 0 Å². The minimum Gasteiger partial charge on any atom is -0.207 e. The SMILES string of the molecule is CC[C@@H](NS(=O)(=O)c1ccc(S(=O)(=O)N2CCCC2)cc1)c1ccc(C)cc1. The predicted molar refractivity (Wildman–Crippen MR) is 109 cm³/mol. The monoisotopic (exact) mass is 422 g/mol. The van der Waals surface area contributed by atoms with Gasteiger partial charge >= 0.3 is 0 Å². The Hall–Kier alpha value is -1.74. The topological polar surface area (TPSA) is 83.5 Å². The minimum absolute atomic E-state index is 0.0541. The normalized spacial score (nSPS) is 16.9. The standard InChI is InChI=1S/C20H26N2O4S2/c1-3-20(17-8-6-16(2)7-9-17)21-27(23,24)18-10-12-19(13-11-18)28(25,26)22-14-4-5-15-22/h6-13,20-21H,3-5,14-15H2,1-2H3/t20-/m1/s1. The summed E-state index contributed by atoms with van der Waals surface area (Å²) in [6.07, 6.45) is 2.31. The van der Waals surface area contributed by atoms with Crippen molar-refractivity contribution in [3.63, 3.8) is 0 Å². The average Bonchev–Trinajstić information content (AvgIpc) is 3.23. The van der Waals surface area contributed by atoms with Crippen LogP contribution in [-0.2, 0) is 20.0 Å². The Morgan fingerprint density at radius 1 is 0.893 bits per heavy atom. The molecule has 0 radical (unpaired) electrons. The average molecular weight is 423 g/mol. The molecule has 1 saturated heterocycles. The van der Waals surface area contributed by atoms with E-state index in [0.717, 1.165) is 24.0 Å². The molecule has 3 rings (SSSR count). The molecular weight excluding hydrogens is 396 g/mol. The Labute approximate surface area is 167 Å². The van der Waals surface area contributed by atoms with E-state index in [4.69, 9.17) is 0 Å². The minimum atomic E-state index is -3.77. The van der Waals surface area contributed by atoms with E-state index in [9.17, 15) is 16.8 Å². The van der Waals surface area contributed by atoms with Crippen LogP contribution in [0.4, 0.5) is 0 Å². The van der Waals surface area contributed by atoms with E-state index in [2.05, 4.69) is 4.72 Å². The van der Waals surface area contributed by atoms with Gasteiger partial charge in [0.1, 0.15) is 0 Å². The van der Waals surface area contributed by atoms with Crippen LogP contribution in [0, 0.1) is 6.92 Å². The molecule has 0 aliphatic carbocycles. The molecule has 0 spiro atoms. The van der Waals surface area contributed by atoms with Gasteiger partial charge in [0.25, 0.3) is 0 Å². The fraction of sp³-hybridized carbons (Fsp3) is 0.400. The molecule has 2 aromatic carbocycles. The fourth-order valence-electron chi connectivity index (χ4n) is 3.31. The van der Waals surface area contributed by atoms with Crippen LogP contribution in [0.1, 0.15) is 43.4 Å². The van der Waals surface area contributed by atoms with E-state index in [1.807, 2.05) is 38.1 Å². The summed E-state index contributed by atoms with van der Waals surface area (Å²) < 4.78 is 54.9. The van der Waals surface area contributed by atoms with Gasteiger partial charge in [0.2, 0.25) is 20.0 Å². The van der Waals surface area contributed by atoms with Gasteiger partial charge in [0.15, 0.2) is 0 Å². The number of hydrogen-bond acceptors (Lipinski definition) is 4. The fourth-order valence-corrected chi connectivity index (χ4v) is 6.13. The molecule has 0 aromatic heterocycles. The number of nitrogens with zero attached hydrogens (tertiary/aromatic N) is 1. The third kappa shape index (κ3) is 4.46. The highest BCUT2D eigenvalue weighted by atomic mass is 32.2. The molecule has 0 unspecified atom stereocenters. The summed E-state index contributed by atoms with van der Waals surface area (Å²) in [5.74, 6) is 0. The van der Waals surface area contributed by atoms with Crippen LogP contribution in [0.3, 0.4) is 0 Å². The highest BCUT2D eigenvalue weighted by Gasteiger charge is 2.28. The van der Waals surface area contributed by atoms with E-state index in [0.29, 0.717) is 19.5 Å². The Kier molecular flexibility index (Phi) is 6.24. The summed E-state index contributed by atoms with van der Waals surface area (Å²) in [5, 5.41) is 0. The highest BCUT2D eigenvalue weighted by Crippen LogP contribution is 2.24. The summed E-state index contributed by atoms with van der Waals surface area (Å²) in [6.45, 7) is 4.92. The molecule has 6 nitrogen and oxygen atoms in total. The van der Waals surface area contributed by atoms with Crippen LogP contribution < -0.4 is 4.72 Å². The number of sulfonamides is 2. The third-order valence-electron chi connectivity index (χ3n) is 5.02. The van der Waals surface area contributed by atoms with Crippen LogP contribution in [0.15, 0.2) is 58.3 Å². The molecule has 1 aliphatic heterocycles. The quantitative estimate of drug-likeness (QED) is 0.743. The van der Waals surface area contributed by atoms with Gasteiger partial charge in [0.05, 0.1) is 9.79 Å². The molecule has 2 aromatic rings. The molecule has 1 atom stereocenters. The Morgan fingerprint density at radius 2 is 1.43 bits per heavy atom. The van der Waals surface area contributed by atoms with E-state index in [-0.39, 0.29) is 15.8 Å². The highest BCUT2D eigenvalue weighted by molar-refractivity contribution is 7.89. The smallest absolute Gasteiger partial charge is 0.207 e. The van der Waals surface area contributed by atoms with E-state index in [1.165, 1.54) is 28.6 Å². The number of hydrogen-bond donors (Lipinski definition) is 1. The summed E-state index contributed by atoms with van der Waals surface area (Å²) in [6, 6.07) is 12.8. The van der Waals surface area contributed by atoms with Crippen molar-refractivity contribution in [2.75, 3.05) is 13.1 Å². The van der Waals surface area contributed by atoms with Gasteiger partial charge in [-0.25, -0.2) is 21.6 Å². The summed E-state index contributed by atoms with van der Waals surface area (Å²) in [4.78, 5) is 0.178.